The molecule has 0 aliphatic carbocycles. The molecule has 0 saturated heterocycles. The summed E-state index contributed by atoms with van der Waals surface area (Å²) in [5.41, 5.74) is 1.59. The van der Waals surface area contributed by atoms with Crippen LogP contribution in [0.2, 0.25) is 0 Å². The predicted molar refractivity (Wildman–Crippen MR) is 133 cm³/mol. The van der Waals surface area contributed by atoms with E-state index in [1.54, 1.807) is 60.3 Å². The second kappa shape index (κ2) is 13.1. The summed E-state index contributed by atoms with van der Waals surface area (Å²) in [5, 5.41) is 5.45. The number of amides is 2. The van der Waals surface area contributed by atoms with Crippen LogP contribution in [-0.2, 0) is 14.3 Å². The summed E-state index contributed by atoms with van der Waals surface area (Å²) < 4.78 is 10.4. The minimum absolute atomic E-state index is 0.213. The van der Waals surface area contributed by atoms with Crippen LogP contribution in [0.3, 0.4) is 0 Å². The lowest BCUT2D eigenvalue weighted by molar-refractivity contribution is -0.146. The van der Waals surface area contributed by atoms with Crippen molar-refractivity contribution in [3.05, 3.63) is 84.4 Å². The molecule has 0 saturated carbocycles. The molecule has 0 atom stereocenters. The normalized spacial score (nSPS) is 10.3. The number of carbonyl (C=O) groups is 3. The lowest BCUT2D eigenvalue weighted by Crippen LogP contribution is -2.21. The van der Waals surface area contributed by atoms with E-state index in [2.05, 4.69) is 10.6 Å². The van der Waals surface area contributed by atoms with Crippen molar-refractivity contribution in [3.63, 3.8) is 0 Å². The molecule has 34 heavy (non-hydrogen) atoms. The molecule has 2 N–H and O–H groups in total. The van der Waals surface area contributed by atoms with Gasteiger partial charge in [-0.05, 0) is 67.6 Å². The molecule has 0 aromatic heterocycles. The number of carbonyl (C=O) groups excluding carboxylic acids is 3. The highest BCUT2D eigenvalue weighted by Gasteiger charge is 2.10. The topological polar surface area (TPSA) is 93.7 Å². The zero-order valence-corrected chi connectivity index (χ0v) is 19.6. The van der Waals surface area contributed by atoms with E-state index in [9.17, 15) is 14.4 Å². The van der Waals surface area contributed by atoms with E-state index in [4.69, 9.17) is 9.47 Å². The Bertz CT molecular complexity index is 1090. The number of nitrogens with one attached hydrogen (secondary N) is 2. The summed E-state index contributed by atoms with van der Waals surface area (Å²) >= 11 is 1.55. The molecule has 0 spiro atoms. The smallest absolute Gasteiger partial charge is 0.307 e. The standard InChI is InChI=1S/C26H26N2O5S/c1-2-32-22-14-12-21(13-15-22)28-26(31)19-8-10-20(11-9-19)27-24(29)18-33-25(30)16-17-34-23-6-4-3-5-7-23/h3-15H,2,16-18H2,1H3,(H,27,29)(H,28,31). The van der Waals surface area contributed by atoms with Crippen molar-refractivity contribution in [3.8, 4) is 5.75 Å². The number of anilines is 2. The predicted octanol–water partition coefficient (Wildman–Crippen LogP) is 5.00. The van der Waals surface area contributed by atoms with Crippen LogP contribution in [0, 0.1) is 0 Å². The van der Waals surface area contributed by atoms with Crippen LogP contribution in [0.5, 0.6) is 5.75 Å². The van der Waals surface area contributed by atoms with Gasteiger partial charge in [0.1, 0.15) is 5.75 Å². The second-order valence-corrected chi connectivity index (χ2v) is 8.28. The molecule has 0 heterocycles. The van der Waals surface area contributed by atoms with Crippen LogP contribution in [-0.4, -0.2) is 36.8 Å². The van der Waals surface area contributed by atoms with Gasteiger partial charge < -0.3 is 20.1 Å². The lowest BCUT2D eigenvalue weighted by Gasteiger charge is -2.09. The van der Waals surface area contributed by atoms with E-state index in [1.807, 2.05) is 37.3 Å². The van der Waals surface area contributed by atoms with E-state index in [1.165, 1.54) is 0 Å². The van der Waals surface area contributed by atoms with Gasteiger partial charge in [0.25, 0.3) is 11.8 Å². The summed E-state index contributed by atoms with van der Waals surface area (Å²) in [7, 11) is 0. The van der Waals surface area contributed by atoms with Gasteiger partial charge in [-0.1, -0.05) is 18.2 Å². The van der Waals surface area contributed by atoms with Crippen molar-refractivity contribution < 1.29 is 23.9 Å². The molecule has 0 radical (unpaired) electrons. The molecule has 3 aromatic carbocycles. The fraction of sp³-hybridized carbons (Fsp3) is 0.192. The van der Waals surface area contributed by atoms with Gasteiger partial charge >= 0.3 is 5.97 Å². The number of benzene rings is 3. The van der Waals surface area contributed by atoms with Gasteiger partial charge in [0.15, 0.2) is 6.61 Å². The summed E-state index contributed by atoms with van der Waals surface area (Å²) in [4.78, 5) is 37.4. The first-order chi connectivity index (χ1) is 16.5. The SMILES string of the molecule is CCOc1ccc(NC(=O)c2ccc(NC(=O)COC(=O)CCSc3ccccc3)cc2)cc1. The molecule has 0 bridgehead atoms. The number of hydrogen-bond donors (Lipinski definition) is 2. The maximum absolute atomic E-state index is 12.4. The highest BCUT2D eigenvalue weighted by atomic mass is 32.2. The average Bonchev–Trinajstić information content (AvgIpc) is 2.85. The quantitative estimate of drug-likeness (QED) is 0.298. The Balaban J connectivity index is 1.38. The number of thioether (sulfide) groups is 1. The molecular formula is C26H26N2O5S. The van der Waals surface area contributed by atoms with Crippen LogP contribution < -0.4 is 15.4 Å². The highest BCUT2D eigenvalue weighted by molar-refractivity contribution is 7.99. The molecule has 0 aliphatic rings. The monoisotopic (exact) mass is 478 g/mol. The molecule has 0 aliphatic heterocycles. The first kappa shape index (κ1) is 24.9. The van der Waals surface area contributed by atoms with Crippen molar-refractivity contribution in [2.75, 3.05) is 29.6 Å². The van der Waals surface area contributed by atoms with Gasteiger partial charge in [-0.15, -0.1) is 11.8 Å². The molecule has 0 unspecified atom stereocenters. The van der Waals surface area contributed by atoms with Crippen molar-refractivity contribution in [2.24, 2.45) is 0 Å². The molecule has 7 nitrogen and oxygen atoms in total. The van der Waals surface area contributed by atoms with Crippen LogP contribution in [0.15, 0.2) is 83.8 Å². The summed E-state index contributed by atoms with van der Waals surface area (Å²) in [6.45, 7) is 2.11. The highest BCUT2D eigenvalue weighted by Crippen LogP contribution is 2.18. The summed E-state index contributed by atoms with van der Waals surface area (Å²) in [5.74, 6) is 0.155. The molecule has 2 amide bonds. The Morgan fingerprint density at radius 1 is 0.824 bits per heavy atom. The number of ether oxygens (including phenoxy) is 2. The third-order valence-corrected chi connectivity index (χ3v) is 5.55. The number of esters is 1. The van der Waals surface area contributed by atoms with E-state index in [0.717, 1.165) is 10.6 Å². The molecular weight excluding hydrogens is 452 g/mol. The van der Waals surface area contributed by atoms with Gasteiger partial charge in [0, 0.05) is 27.6 Å². The molecule has 0 fully saturated rings. The molecule has 3 aromatic rings. The average molecular weight is 479 g/mol. The van der Waals surface area contributed by atoms with Crippen LogP contribution in [0.1, 0.15) is 23.7 Å². The van der Waals surface area contributed by atoms with E-state index in [-0.39, 0.29) is 18.9 Å². The van der Waals surface area contributed by atoms with Crippen LogP contribution in [0.4, 0.5) is 11.4 Å². The minimum Gasteiger partial charge on any atom is -0.494 e. The minimum atomic E-state index is -0.448. The summed E-state index contributed by atoms with van der Waals surface area (Å²) in [6, 6.07) is 23.3. The van der Waals surface area contributed by atoms with Gasteiger partial charge in [-0.25, -0.2) is 0 Å². The molecule has 176 valence electrons. The van der Waals surface area contributed by atoms with Gasteiger partial charge in [-0.3, -0.25) is 14.4 Å². The van der Waals surface area contributed by atoms with Gasteiger partial charge in [0.05, 0.1) is 13.0 Å². The second-order valence-electron chi connectivity index (χ2n) is 7.11. The summed E-state index contributed by atoms with van der Waals surface area (Å²) in [6.07, 6.45) is 0.213. The van der Waals surface area contributed by atoms with E-state index >= 15 is 0 Å². The zero-order valence-electron chi connectivity index (χ0n) is 18.8. The van der Waals surface area contributed by atoms with Crippen molar-refractivity contribution in [1.82, 2.24) is 0 Å². The third kappa shape index (κ3) is 8.29. The Hall–Kier alpha value is -3.78. The Morgan fingerprint density at radius 2 is 1.47 bits per heavy atom. The Kier molecular flexibility index (Phi) is 9.54. The number of hydrogen-bond acceptors (Lipinski definition) is 6. The Labute approximate surface area is 202 Å². The van der Waals surface area contributed by atoms with Crippen molar-refractivity contribution in [1.29, 1.82) is 0 Å². The third-order valence-electron chi connectivity index (χ3n) is 4.54. The van der Waals surface area contributed by atoms with E-state index < -0.39 is 11.9 Å². The van der Waals surface area contributed by atoms with Gasteiger partial charge in [-0.2, -0.15) is 0 Å². The van der Waals surface area contributed by atoms with Crippen LogP contribution >= 0.6 is 11.8 Å². The maximum atomic E-state index is 12.4. The zero-order chi connectivity index (χ0) is 24.2. The van der Waals surface area contributed by atoms with Crippen LogP contribution in [0.25, 0.3) is 0 Å². The Morgan fingerprint density at radius 3 is 2.15 bits per heavy atom. The largest absolute Gasteiger partial charge is 0.494 e. The number of rotatable bonds is 11. The van der Waals surface area contributed by atoms with E-state index in [0.29, 0.717) is 29.3 Å². The first-order valence-corrected chi connectivity index (χ1v) is 11.8. The first-order valence-electron chi connectivity index (χ1n) is 10.8. The fourth-order valence-electron chi connectivity index (χ4n) is 2.89. The lowest BCUT2D eigenvalue weighted by atomic mass is 10.2. The molecule has 8 heteroatoms. The van der Waals surface area contributed by atoms with Gasteiger partial charge in [0.2, 0.25) is 0 Å². The molecule has 3 rings (SSSR count). The van der Waals surface area contributed by atoms with Crippen molar-refractivity contribution >= 4 is 40.9 Å². The maximum Gasteiger partial charge on any atom is 0.307 e. The van der Waals surface area contributed by atoms with Crippen molar-refractivity contribution in [2.45, 2.75) is 18.2 Å². The fourth-order valence-corrected chi connectivity index (χ4v) is 3.75.